The van der Waals surface area contributed by atoms with E-state index in [0.717, 1.165) is 0 Å². The maximum absolute atomic E-state index is 8.61. The summed E-state index contributed by atoms with van der Waals surface area (Å²) in [6, 6.07) is 0. The molecule has 1 N–H and O–H groups in total. The minimum absolute atomic E-state index is 0.588. The Morgan fingerprint density at radius 3 is 3.00 bits per heavy atom. The average molecular weight is 118 g/mol. The molecule has 0 saturated heterocycles. The van der Waals surface area contributed by atoms with Gasteiger partial charge in [-0.25, -0.2) is 0 Å². The Balaban J connectivity index is 2.32. The van der Waals surface area contributed by atoms with Gasteiger partial charge in [-0.1, -0.05) is 0 Å². The van der Waals surface area contributed by atoms with Gasteiger partial charge in [0.05, 0.1) is 12.0 Å². The molecule has 0 bridgehead atoms. The Labute approximate surface area is 46.2 Å². The maximum Gasteiger partial charge on any atom is 0.205 e. The van der Waals surface area contributed by atoms with Gasteiger partial charge in [-0.05, 0) is 0 Å². The highest BCUT2D eigenvalue weighted by atomic mass is 32.2. The first-order valence-corrected chi connectivity index (χ1v) is 3.04. The predicted molar refractivity (Wildman–Crippen MR) is 28.7 cm³/mol. The van der Waals surface area contributed by atoms with Crippen LogP contribution in [0.5, 0.6) is 0 Å². The first kappa shape index (κ1) is 5.00. The summed E-state index contributed by atoms with van der Waals surface area (Å²) >= 11 is 1.55. The van der Waals surface area contributed by atoms with Gasteiger partial charge in [0, 0.05) is 5.41 Å². The molecule has 0 aromatic carbocycles. The van der Waals surface area contributed by atoms with E-state index in [9.17, 15) is 0 Å². The number of ether oxygens (including phenoxy) is 1. The first-order valence-electron chi connectivity index (χ1n) is 2.00. The van der Waals surface area contributed by atoms with E-state index in [1.807, 2.05) is 5.41 Å². The van der Waals surface area contributed by atoms with Crippen LogP contribution in [0.1, 0.15) is 0 Å². The molecule has 0 aliphatic carbocycles. The zero-order valence-corrected chi connectivity index (χ0v) is 4.52. The summed E-state index contributed by atoms with van der Waals surface area (Å²) in [5.41, 5.74) is 0. The molecule has 0 radical (unpaired) electrons. The number of hydrogen-bond donors (Lipinski definition) is 1. The third-order valence-electron chi connectivity index (χ3n) is 0.626. The quantitative estimate of drug-likeness (QED) is 0.503. The Hall–Kier alpha value is -0.150. The van der Waals surface area contributed by atoms with Crippen molar-refractivity contribution in [1.82, 2.24) is 0 Å². The van der Waals surface area contributed by atoms with Crippen LogP contribution in [0, 0.1) is 0 Å². The molecule has 1 rings (SSSR count). The molecule has 0 aromatic heterocycles. The van der Waals surface area contributed by atoms with E-state index in [1.54, 1.807) is 11.8 Å². The highest BCUT2D eigenvalue weighted by Crippen LogP contribution is 2.10. The summed E-state index contributed by atoms with van der Waals surface area (Å²) in [5.74, 6) is 0.649. The largest absolute Gasteiger partial charge is 0.471 e. The summed E-state index contributed by atoms with van der Waals surface area (Å²) in [6.45, 7) is 0. The van der Waals surface area contributed by atoms with Crippen molar-refractivity contribution in [2.24, 2.45) is 0 Å². The van der Waals surface area contributed by atoms with Gasteiger partial charge in [-0.15, -0.1) is 11.8 Å². The smallest absolute Gasteiger partial charge is 0.205 e. The summed E-state index contributed by atoms with van der Waals surface area (Å²) in [4.78, 5) is 0. The van der Waals surface area contributed by atoms with Crippen LogP contribution >= 0.6 is 11.8 Å². The molecular formula is C4H6O2S. The van der Waals surface area contributed by atoms with Crippen molar-refractivity contribution in [3.8, 4) is 0 Å². The third kappa shape index (κ3) is 1.41. The van der Waals surface area contributed by atoms with E-state index in [4.69, 9.17) is 5.11 Å². The monoisotopic (exact) mass is 118 g/mol. The normalized spacial score (nSPS) is 29.6. The lowest BCUT2D eigenvalue weighted by atomic mass is 10.7. The fourth-order valence-electron chi connectivity index (χ4n) is 0.339. The number of hydrogen-bond acceptors (Lipinski definition) is 3. The molecule has 0 aromatic rings. The van der Waals surface area contributed by atoms with Crippen LogP contribution in [0.4, 0.5) is 0 Å². The second kappa shape index (κ2) is 2.23. The van der Waals surface area contributed by atoms with Gasteiger partial charge >= 0.3 is 0 Å². The minimum Gasteiger partial charge on any atom is -0.471 e. The molecule has 0 amide bonds. The van der Waals surface area contributed by atoms with Crippen LogP contribution in [0.15, 0.2) is 11.7 Å². The van der Waals surface area contributed by atoms with Gasteiger partial charge < -0.3 is 9.84 Å². The number of aliphatic hydroxyl groups is 1. The molecular weight excluding hydrogens is 112 g/mol. The molecule has 7 heavy (non-hydrogen) atoms. The van der Waals surface area contributed by atoms with Crippen molar-refractivity contribution in [2.45, 2.75) is 6.29 Å². The summed E-state index contributed by atoms with van der Waals surface area (Å²) < 4.78 is 4.63. The van der Waals surface area contributed by atoms with E-state index in [0.29, 0.717) is 5.75 Å². The van der Waals surface area contributed by atoms with Gasteiger partial charge in [-0.2, -0.15) is 0 Å². The molecule has 1 unspecified atom stereocenters. The van der Waals surface area contributed by atoms with Crippen molar-refractivity contribution >= 4 is 11.8 Å². The summed E-state index contributed by atoms with van der Waals surface area (Å²) in [7, 11) is 0. The first-order chi connectivity index (χ1) is 3.39. The van der Waals surface area contributed by atoms with Crippen LogP contribution in [0.2, 0.25) is 0 Å². The number of aliphatic hydroxyl groups excluding tert-OH is 1. The van der Waals surface area contributed by atoms with Gasteiger partial charge in [0.15, 0.2) is 0 Å². The van der Waals surface area contributed by atoms with Crippen molar-refractivity contribution < 1.29 is 9.84 Å². The van der Waals surface area contributed by atoms with Crippen LogP contribution in [-0.2, 0) is 4.74 Å². The van der Waals surface area contributed by atoms with E-state index in [-0.39, 0.29) is 0 Å². The van der Waals surface area contributed by atoms with E-state index in [2.05, 4.69) is 4.74 Å². The van der Waals surface area contributed by atoms with E-state index in [1.165, 1.54) is 6.26 Å². The highest BCUT2D eigenvalue weighted by Gasteiger charge is 2.03. The van der Waals surface area contributed by atoms with Gasteiger partial charge in [-0.3, -0.25) is 0 Å². The Morgan fingerprint density at radius 2 is 2.71 bits per heavy atom. The second-order valence-electron chi connectivity index (χ2n) is 1.20. The third-order valence-corrected chi connectivity index (χ3v) is 1.41. The fraction of sp³-hybridized carbons (Fsp3) is 0.500. The van der Waals surface area contributed by atoms with E-state index < -0.39 is 6.29 Å². The lowest BCUT2D eigenvalue weighted by Crippen LogP contribution is -2.12. The molecule has 1 aliphatic heterocycles. The van der Waals surface area contributed by atoms with Crippen molar-refractivity contribution in [3.63, 3.8) is 0 Å². The molecule has 1 heterocycles. The minimum atomic E-state index is -0.588. The summed E-state index contributed by atoms with van der Waals surface area (Å²) in [6.07, 6.45) is 0.911. The molecule has 3 heteroatoms. The Morgan fingerprint density at radius 1 is 1.86 bits per heavy atom. The standard InChI is InChI=1S/C4H6O2S/c5-4-3-7-2-1-6-4/h1-2,4-5H,3H2. The molecule has 1 aliphatic rings. The molecule has 0 fully saturated rings. The molecule has 0 spiro atoms. The Kier molecular flexibility index (Phi) is 1.59. The molecule has 2 nitrogen and oxygen atoms in total. The predicted octanol–water partition coefficient (Wildman–Crippen LogP) is 0.539. The lowest BCUT2D eigenvalue weighted by molar-refractivity contribution is -0.0323. The van der Waals surface area contributed by atoms with Crippen LogP contribution in [0.3, 0.4) is 0 Å². The molecule has 40 valence electrons. The molecule has 0 saturated carbocycles. The summed E-state index contributed by atoms with van der Waals surface area (Å²) in [5, 5.41) is 10.4. The van der Waals surface area contributed by atoms with Crippen molar-refractivity contribution in [1.29, 1.82) is 0 Å². The average Bonchev–Trinajstić information content (AvgIpc) is 1.69. The van der Waals surface area contributed by atoms with Crippen LogP contribution < -0.4 is 0 Å². The topological polar surface area (TPSA) is 29.5 Å². The zero-order chi connectivity index (χ0) is 5.11. The zero-order valence-electron chi connectivity index (χ0n) is 3.70. The number of thioether (sulfide) groups is 1. The highest BCUT2D eigenvalue weighted by molar-refractivity contribution is 8.02. The van der Waals surface area contributed by atoms with Crippen molar-refractivity contribution in [2.75, 3.05) is 5.75 Å². The lowest BCUT2D eigenvalue weighted by Gasteiger charge is -2.11. The maximum atomic E-state index is 8.61. The Bertz CT molecular complexity index is 81.8. The van der Waals surface area contributed by atoms with Gasteiger partial charge in [0.2, 0.25) is 6.29 Å². The van der Waals surface area contributed by atoms with Gasteiger partial charge in [0.1, 0.15) is 0 Å². The fourth-order valence-corrected chi connectivity index (χ4v) is 0.836. The van der Waals surface area contributed by atoms with E-state index >= 15 is 0 Å². The second-order valence-corrected chi connectivity index (χ2v) is 2.14. The van der Waals surface area contributed by atoms with Crippen LogP contribution in [0.25, 0.3) is 0 Å². The van der Waals surface area contributed by atoms with Gasteiger partial charge in [0.25, 0.3) is 0 Å². The van der Waals surface area contributed by atoms with Crippen LogP contribution in [-0.4, -0.2) is 17.1 Å². The number of rotatable bonds is 0. The SMILES string of the molecule is OC1CSC=CO1. The molecule has 1 atom stereocenters. The van der Waals surface area contributed by atoms with Crippen molar-refractivity contribution in [3.05, 3.63) is 11.7 Å².